The Bertz CT molecular complexity index is 462. The molecule has 0 aliphatic carbocycles. The van der Waals surface area contributed by atoms with Crippen LogP contribution in [0.2, 0.25) is 0 Å². The number of aryl methyl sites for hydroxylation is 1. The molecule has 0 aliphatic heterocycles. The normalized spacial score (nSPS) is 12.8. The Morgan fingerprint density at radius 3 is 2.53 bits per heavy atom. The zero-order valence-electron chi connectivity index (χ0n) is 11.5. The summed E-state index contributed by atoms with van der Waals surface area (Å²) in [5.41, 5.74) is 0.00322. The van der Waals surface area contributed by atoms with Crippen LogP contribution in [0.4, 0.5) is 4.79 Å². The first-order valence-electron chi connectivity index (χ1n) is 5.89. The first-order valence-corrected chi connectivity index (χ1v) is 5.89. The maximum atomic E-state index is 11.6. The maximum absolute atomic E-state index is 11.6. The molecule has 0 saturated heterocycles. The number of nitrogens with one attached hydrogen (secondary N) is 2. The van der Waals surface area contributed by atoms with E-state index in [0.29, 0.717) is 11.5 Å². The minimum absolute atomic E-state index is 0.180. The monoisotopic (exact) mass is 269 g/mol. The van der Waals surface area contributed by atoms with Crippen LogP contribution in [0.1, 0.15) is 32.2 Å². The second-order valence-corrected chi connectivity index (χ2v) is 5.39. The van der Waals surface area contributed by atoms with E-state index in [1.807, 2.05) is 0 Å². The van der Waals surface area contributed by atoms with Crippen molar-refractivity contribution in [2.45, 2.75) is 40.3 Å². The second-order valence-electron chi connectivity index (χ2n) is 5.39. The van der Waals surface area contributed by atoms with Crippen LogP contribution in [0.15, 0.2) is 10.6 Å². The molecule has 7 nitrogen and oxygen atoms in total. The number of nitrogens with zero attached hydrogens (tertiary/aromatic N) is 1. The van der Waals surface area contributed by atoms with E-state index >= 15 is 0 Å². The van der Waals surface area contributed by atoms with Crippen LogP contribution in [0.5, 0.6) is 0 Å². The largest absolute Gasteiger partial charge is 0.480 e. The topological polar surface area (TPSA) is 104 Å². The summed E-state index contributed by atoms with van der Waals surface area (Å²) in [6.45, 7) is 7.16. The van der Waals surface area contributed by atoms with Crippen molar-refractivity contribution in [3.05, 3.63) is 17.5 Å². The molecule has 2 amide bonds. The number of carboxylic acids is 1. The Hall–Kier alpha value is -2.05. The van der Waals surface area contributed by atoms with Gasteiger partial charge in [0.1, 0.15) is 17.5 Å². The molecule has 0 saturated carbocycles. The lowest BCUT2D eigenvalue weighted by atomic mass is 9.87. The van der Waals surface area contributed by atoms with Gasteiger partial charge in [0, 0.05) is 6.07 Å². The first-order chi connectivity index (χ1) is 8.70. The maximum Gasteiger partial charge on any atom is 0.326 e. The molecule has 1 aromatic heterocycles. The van der Waals surface area contributed by atoms with E-state index in [2.05, 4.69) is 15.8 Å². The molecule has 0 bridgehead atoms. The average Bonchev–Trinajstić information content (AvgIpc) is 2.67. The molecule has 1 rings (SSSR count). The van der Waals surface area contributed by atoms with Gasteiger partial charge in [-0.05, 0) is 12.3 Å². The van der Waals surface area contributed by atoms with Gasteiger partial charge in [-0.2, -0.15) is 0 Å². The Morgan fingerprint density at radius 1 is 1.47 bits per heavy atom. The van der Waals surface area contributed by atoms with Crippen LogP contribution in [0.25, 0.3) is 0 Å². The molecule has 0 spiro atoms. The number of carbonyl (C=O) groups is 2. The van der Waals surface area contributed by atoms with Crippen LogP contribution < -0.4 is 10.6 Å². The number of carboxylic acid groups (broad SMARTS) is 1. The molecule has 0 radical (unpaired) electrons. The van der Waals surface area contributed by atoms with E-state index < -0.39 is 23.5 Å². The predicted molar refractivity (Wildman–Crippen MR) is 67.5 cm³/mol. The van der Waals surface area contributed by atoms with Crippen molar-refractivity contribution < 1.29 is 19.2 Å². The summed E-state index contributed by atoms with van der Waals surface area (Å²) in [5.74, 6) is -0.421. The molecule has 0 aliphatic rings. The van der Waals surface area contributed by atoms with Crippen LogP contribution in [0.3, 0.4) is 0 Å². The van der Waals surface area contributed by atoms with E-state index in [4.69, 9.17) is 9.63 Å². The third kappa shape index (κ3) is 4.61. The van der Waals surface area contributed by atoms with E-state index in [0.717, 1.165) is 0 Å². The van der Waals surface area contributed by atoms with Gasteiger partial charge in [-0.3, -0.25) is 0 Å². The summed E-state index contributed by atoms with van der Waals surface area (Å²) in [6.07, 6.45) is 0. The molecule has 1 aromatic rings. The van der Waals surface area contributed by atoms with Gasteiger partial charge in [-0.15, -0.1) is 0 Å². The zero-order valence-corrected chi connectivity index (χ0v) is 11.5. The summed E-state index contributed by atoms with van der Waals surface area (Å²) < 4.78 is 4.85. The van der Waals surface area contributed by atoms with E-state index in [-0.39, 0.29) is 6.54 Å². The van der Waals surface area contributed by atoms with Gasteiger partial charge in [0.05, 0.1) is 6.54 Å². The van der Waals surface area contributed by atoms with Crippen LogP contribution in [-0.2, 0) is 11.3 Å². The van der Waals surface area contributed by atoms with Crippen molar-refractivity contribution in [3.8, 4) is 0 Å². The number of hydrogen-bond donors (Lipinski definition) is 3. The highest BCUT2D eigenvalue weighted by atomic mass is 16.5. The predicted octanol–water partition coefficient (Wildman–Crippen LogP) is 1.28. The first kappa shape index (κ1) is 15.0. The molecule has 1 unspecified atom stereocenters. The van der Waals surface area contributed by atoms with Crippen LogP contribution in [0, 0.1) is 12.3 Å². The third-order valence-electron chi connectivity index (χ3n) is 2.50. The minimum Gasteiger partial charge on any atom is -0.480 e. The van der Waals surface area contributed by atoms with Gasteiger partial charge in [0.15, 0.2) is 0 Å². The number of urea groups is 1. The lowest BCUT2D eigenvalue weighted by Crippen LogP contribution is -2.52. The van der Waals surface area contributed by atoms with Crippen molar-refractivity contribution in [3.63, 3.8) is 0 Å². The van der Waals surface area contributed by atoms with Gasteiger partial charge in [-0.1, -0.05) is 25.9 Å². The van der Waals surface area contributed by atoms with Crippen molar-refractivity contribution in [1.82, 2.24) is 15.8 Å². The lowest BCUT2D eigenvalue weighted by Gasteiger charge is -2.27. The molecular weight excluding hydrogens is 250 g/mol. The molecule has 7 heteroatoms. The van der Waals surface area contributed by atoms with E-state index in [1.54, 1.807) is 33.8 Å². The Morgan fingerprint density at radius 2 is 2.11 bits per heavy atom. The summed E-state index contributed by atoms with van der Waals surface area (Å²) >= 11 is 0. The quantitative estimate of drug-likeness (QED) is 0.763. The van der Waals surface area contributed by atoms with Gasteiger partial charge in [-0.25, -0.2) is 9.59 Å². The minimum atomic E-state index is -1.07. The molecule has 0 aromatic carbocycles. The zero-order chi connectivity index (χ0) is 14.6. The molecular formula is C12H19N3O4. The van der Waals surface area contributed by atoms with Crippen LogP contribution in [-0.4, -0.2) is 28.3 Å². The number of carbonyl (C=O) groups excluding carboxylic acids is 1. The Kier molecular flexibility index (Phi) is 4.52. The fourth-order valence-corrected chi connectivity index (χ4v) is 1.50. The van der Waals surface area contributed by atoms with E-state index in [9.17, 15) is 9.59 Å². The average molecular weight is 269 g/mol. The Balaban J connectivity index is 2.52. The van der Waals surface area contributed by atoms with Gasteiger partial charge >= 0.3 is 12.0 Å². The number of aliphatic carboxylic acids is 1. The Labute approximate surface area is 111 Å². The number of hydrogen-bond acceptors (Lipinski definition) is 4. The number of amides is 2. The smallest absolute Gasteiger partial charge is 0.326 e. The fourth-order valence-electron chi connectivity index (χ4n) is 1.50. The fraction of sp³-hybridized carbons (Fsp3) is 0.583. The van der Waals surface area contributed by atoms with Crippen molar-refractivity contribution in [2.24, 2.45) is 5.41 Å². The SMILES string of the molecule is Cc1cc(CNC(=O)NC(C(=O)O)C(C)(C)C)no1. The lowest BCUT2D eigenvalue weighted by molar-refractivity contribution is -0.141. The number of rotatable bonds is 4. The van der Waals surface area contributed by atoms with Crippen molar-refractivity contribution in [1.29, 1.82) is 0 Å². The summed E-state index contributed by atoms with van der Waals surface area (Å²) in [6, 6.07) is 0.174. The van der Waals surface area contributed by atoms with Gasteiger partial charge in [0.2, 0.25) is 0 Å². The highest BCUT2D eigenvalue weighted by molar-refractivity contribution is 5.83. The standard InChI is InChI=1S/C12H19N3O4/c1-7-5-8(15-19-7)6-13-11(18)14-9(10(16)17)12(2,3)4/h5,9H,6H2,1-4H3,(H,16,17)(H2,13,14,18). The highest BCUT2D eigenvalue weighted by Gasteiger charge is 2.32. The third-order valence-corrected chi connectivity index (χ3v) is 2.50. The van der Waals surface area contributed by atoms with Crippen molar-refractivity contribution >= 4 is 12.0 Å². The summed E-state index contributed by atoms with van der Waals surface area (Å²) in [7, 11) is 0. The molecule has 0 fully saturated rings. The van der Waals surface area contributed by atoms with Gasteiger partial charge < -0.3 is 20.3 Å². The summed E-state index contributed by atoms with van der Waals surface area (Å²) in [5, 5.41) is 17.8. The second kappa shape index (κ2) is 5.73. The molecule has 106 valence electrons. The van der Waals surface area contributed by atoms with E-state index in [1.165, 1.54) is 0 Å². The molecule has 3 N–H and O–H groups in total. The summed E-state index contributed by atoms with van der Waals surface area (Å²) in [4.78, 5) is 22.7. The molecule has 1 heterocycles. The molecule has 19 heavy (non-hydrogen) atoms. The van der Waals surface area contributed by atoms with Crippen LogP contribution >= 0.6 is 0 Å². The van der Waals surface area contributed by atoms with Crippen molar-refractivity contribution in [2.75, 3.05) is 0 Å². The molecule has 1 atom stereocenters. The highest BCUT2D eigenvalue weighted by Crippen LogP contribution is 2.19. The van der Waals surface area contributed by atoms with Gasteiger partial charge in [0.25, 0.3) is 0 Å². The number of aromatic nitrogens is 1.